The van der Waals surface area contributed by atoms with Crippen molar-refractivity contribution in [3.05, 3.63) is 0 Å². The molecule has 0 bridgehead atoms. The zero-order valence-electron chi connectivity index (χ0n) is 13.0. The highest BCUT2D eigenvalue weighted by Crippen LogP contribution is 2.40. The van der Waals surface area contributed by atoms with Crippen LogP contribution in [0.4, 0.5) is 0 Å². The lowest BCUT2D eigenvalue weighted by atomic mass is 9.69. The second-order valence-corrected chi connectivity index (χ2v) is 7.28. The average molecular weight is 268 g/mol. The van der Waals surface area contributed by atoms with Crippen molar-refractivity contribution in [2.24, 2.45) is 11.3 Å². The Bertz CT molecular complexity index is 276. The Balaban J connectivity index is 1.95. The molecule has 2 N–H and O–H groups in total. The highest BCUT2D eigenvalue weighted by molar-refractivity contribution is 4.93. The van der Waals surface area contributed by atoms with Crippen LogP contribution in [0, 0.1) is 11.3 Å². The van der Waals surface area contributed by atoms with E-state index in [0.717, 1.165) is 25.0 Å². The van der Waals surface area contributed by atoms with Crippen LogP contribution < -0.4 is 5.32 Å². The fraction of sp³-hybridized carbons (Fsp3) is 1.00. The SMILES string of the molecule is CCNC1CCC(C)(C)CC1CN(CCO)C1CC1. The van der Waals surface area contributed by atoms with Gasteiger partial charge in [0.05, 0.1) is 6.61 Å². The van der Waals surface area contributed by atoms with Crippen molar-refractivity contribution in [1.82, 2.24) is 10.2 Å². The van der Waals surface area contributed by atoms with Crippen molar-refractivity contribution in [3.8, 4) is 0 Å². The van der Waals surface area contributed by atoms with Gasteiger partial charge in [0.1, 0.15) is 0 Å². The number of nitrogens with one attached hydrogen (secondary N) is 1. The number of hydrogen-bond acceptors (Lipinski definition) is 3. The van der Waals surface area contributed by atoms with Crippen molar-refractivity contribution in [1.29, 1.82) is 0 Å². The summed E-state index contributed by atoms with van der Waals surface area (Å²) in [6.07, 6.45) is 6.64. The molecule has 0 radical (unpaired) electrons. The molecule has 3 heteroatoms. The molecule has 112 valence electrons. The van der Waals surface area contributed by atoms with E-state index in [4.69, 9.17) is 0 Å². The number of nitrogens with zero attached hydrogens (tertiary/aromatic N) is 1. The number of aliphatic hydroxyl groups is 1. The second kappa shape index (κ2) is 6.55. The predicted octanol–water partition coefficient (Wildman–Crippen LogP) is 2.25. The molecule has 0 heterocycles. The van der Waals surface area contributed by atoms with Gasteiger partial charge in [-0.2, -0.15) is 0 Å². The van der Waals surface area contributed by atoms with E-state index in [0.29, 0.717) is 18.1 Å². The van der Waals surface area contributed by atoms with E-state index in [1.807, 2.05) is 0 Å². The van der Waals surface area contributed by atoms with Crippen LogP contribution in [0.3, 0.4) is 0 Å². The lowest BCUT2D eigenvalue weighted by molar-refractivity contribution is 0.0882. The first kappa shape index (κ1) is 15.3. The Morgan fingerprint density at radius 1 is 1.26 bits per heavy atom. The molecule has 2 unspecified atom stereocenters. The van der Waals surface area contributed by atoms with E-state index in [1.54, 1.807) is 0 Å². The van der Waals surface area contributed by atoms with Crippen LogP contribution in [0.25, 0.3) is 0 Å². The van der Waals surface area contributed by atoms with Gasteiger partial charge in [-0.15, -0.1) is 0 Å². The van der Waals surface area contributed by atoms with E-state index in [-0.39, 0.29) is 0 Å². The first-order valence-electron chi connectivity index (χ1n) is 8.14. The first-order valence-corrected chi connectivity index (χ1v) is 8.14. The minimum Gasteiger partial charge on any atom is -0.395 e. The Morgan fingerprint density at radius 2 is 2.00 bits per heavy atom. The zero-order valence-corrected chi connectivity index (χ0v) is 13.0. The van der Waals surface area contributed by atoms with Crippen LogP contribution in [-0.2, 0) is 0 Å². The summed E-state index contributed by atoms with van der Waals surface area (Å²) >= 11 is 0. The van der Waals surface area contributed by atoms with Crippen molar-refractivity contribution in [3.63, 3.8) is 0 Å². The van der Waals surface area contributed by atoms with Crippen LogP contribution in [0.2, 0.25) is 0 Å². The van der Waals surface area contributed by atoms with Gasteiger partial charge in [-0.1, -0.05) is 20.8 Å². The third-order valence-corrected chi connectivity index (χ3v) is 4.90. The molecule has 3 nitrogen and oxygen atoms in total. The quantitative estimate of drug-likeness (QED) is 0.743. The molecule has 0 saturated heterocycles. The van der Waals surface area contributed by atoms with Gasteiger partial charge < -0.3 is 10.4 Å². The van der Waals surface area contributed by atoms with Gasteiger partial charge in [-0.25, -0.2) is 0 Å². The maximum absolute atomic E-state index is 9.26. The van der Waals surface area contributed by atoms with Gasteiger partial charge in [0, 0.05) is 25.2 Å². The fourth-order valence-electron chi connectivity index (χ4n) is 3.75. The molecular weight excluding hydrogens is 236 g/mol. The summed E-state index contributed by atoms with van der Waals surface area (Å²) in [6.45, 7) is 10.4. The summed E-state index contributed by atoms with van der Waals surface area (Å²) in [7, 11) is 0. The van der Waals surface area contributed by atoms with Gasteiger partial charge in [0.25, 0.3) is 0 Å². The second-order valence-electron chi connectivity index (χ2n) is 7.28. The smallest absolute Gasteiger partial charge is 0.0558 e. The Morgan fingerprint density at radius 3 is 2.58 bits per heavy atom. The molecule has 2 fully saturated rings. The summed E-state index contributed by atoms with van der Waals surface area (Å²) in [5.74, 6) is 0.746. The fourth-order valence-corrected chi connectivity index (χ4v) is 3.75. The molecule has 0 aliphatic heterocycles. The molecule has 0 aromatic carbocycles. The standard InChI is InChI=1S/C16H32N2O/c1-4-17-15-7-8-16(2,3)11-13(15)12-18(9-10-19)14-5-6-14/h13-15,17,19H,4-12H2,1-3H3. The molecule has 0 spiro atoms. The summed E-state index contributed by atoms with van der Waals surface area (Å²) in [5, 5.41) is 12.9. The highest BCUT2D eigenvalue weighted by Gasteiger charge is 2.37. The maximum atomic E-state index is 9.26. The predicted molar refractivity (Wildman–Crippen MR) is 80.3 cm³/mol. The zero-order chi connectivity index (χ0) is 13.9. The van der Waals surface area contributed by atoms with Crippen LogP contribution >= 0.6 is 0 Å². The van der Waals surface area contributed by atoms with E-state index in [1.165, 1.54) is 38.6 Å². The minimum absolute atomic E-state index is 0.304. The van der Waals surface area contributed by atoms with Gasteiger partial charge in [-0.3, -0.25) is 4.90 Å². The lowest BCUT2D eigenvalue weighted by Gasteiger charge is -2.43. The van der Waals surface area contributed by atoms with E-state index in [9.17, 15) is 5.11 Å². The van der Waals surface area contributed by atoms with Crippen molar-refractivity contribution in [2.45, 2.75) is 65.0 Å². The first-order chi connectivity index (χ1) is 9.05. The monoisotopic (exact) mass is 268 g/mol. The molecule has 2 saturated carbocycles. The topological polar surface area (TPSA) is 35.5 Å². The number of rotatable bonds is 7. The number of aliphatic hydroxyl groups excluding tert-OH is 1. The van der Waals surface area contributed by atoms with Gasteiger partial charge in [0.2, 0.25) is 0 Å². The molecular formula is C16H32N2O. The van der Waals surface area contributed by atoms with Crippen LogP contribution in [0.15, 0.2) is 0 Å². The largest absolute Gasteiger partial charge is 0.395 e. The average Bonchev–Trinajstić information content (AvgIpc) is 3.16. The normalized spacial score (nSPS) is 30.8. The Hall–Kier alpha value is -0.120. The molecule has 0 aromatic rings. The molecule has 2 aliphatic rings. The van der Waals surface area contributed by atoms with Gasteiger partial charge >= 0.3 is 0 Å². The molecule has 19 heavy (non-hydrogen) atoms. The van der Waals surface area contributed by atoms with Crippen LogP contribution in [0.5, 0.6) is 0 Å². The highest BCUT2D eigenvalue weighted by atomic mass is 16.3. The lowest BCUT2D eigenvalue weighted by Crippen LogP contribution is -2.48. The molecule has 2 rings (SSSR count). The molecule has 2 atom stereocenters. The van der Waals surface area contributed by atoms with Gasteiger partial charge in [-0.05, 0) is 50.0 Å². The van der Waals surface area contributed by atoms with Crippen molar-refractivity contribution in [2.75, 3.05) is 26.2 Å². The van der Waals surface area contributed by atoms with Crippen molar-refractivity contribution < 1.29 is 5.11 Å². The molecule has 0 amide bonds. The number of hydrogen-bond donors (Lipinski definition) is 2. The molecule has 2 aliphatic carbocycles. The Labute approximate surface area is 118 Å². The Kier molecular flexibility index (Phi) is 5.27. The van der Waals surface area contributed by atoms with Gasteiger partial charge in [0.15, 0.2) is 0 Å². The van der Waals surface area contributed by atoms with E-state index >= 15 is 0 Å². The minimum atomic E-state index is 0.304. The third kappa shape index (κ3) is 4.44. The van der Waals surface area contributed by atoms with Crippen molar-refractivity contribution >= 4 is 0 Å². The summed E-state index contributed by atoms with van der Waals surface area (Å²) in [5.41, 5.74) is 0.491. The van der Waals surface area contributed by atoms with E-state index < -0.39 is 0 Å². The molecule has 0 aromatic heterocycles. The van der Waals surface area contributed by atoms with E-state index in [2.05, 4.69) is 31.0 Å². The summed E-state index contributed by atoms with van der Waals surface area (Å²) in [6, 6.07) is 1.44. The summed E-state index contributed by atoms with van der Waals surface area (Å²) in [4.78, 5) is 2.54. The third-order valence-electron chi connectivity index (χ3n) is 4.90. The maximum Gasteiger partial charge on any atom is 0.0558 e. The summed E-state index contributed by atoms with van der Waals surface area (Å²) < 4.78 is 0. The van der Waals surface area contributed by atoms with Crippen LogP contribution in [-0.4, -0.2) is 48.3 Å². The van der Waals surface area contributed by atoms with Crippen LogP contribution in [0.1, 0.15) is 52.9 Å².